The summed E-state index contributed by atoms with van der Waals surface area (Å²) < 4.78 is 11.5. The minimum absolute atomic E-state index is 0.320. The molecular formula is C15H16O2. The van der Waals surface area contributed by atoms with Gasteiger partial charge in [0.05, 0.1) is 19.8 Å². The molecule has 88 valence electrons. The van der Waals surface area contributed by atoms with Gasteiger partial charge in [0, 0.05) is 0 Å². The Labute approximate surface area is 101 Å². The van der Waals surface area contributed by atoms with Crippen LogP contribution in [0, 0.1) is 0 Å². The van der Waals surface area contributed by atoms with Crippen molar-refractivity contribution >= 4 is 10.8 Å². The standard InChI is InChI=1S/C15H16O2/c1-15(11-16-9-10-17-15)14-8-4-6-12-5-2-3-7-13(12)14/h2-8H,9-11H2,1H3. The molecular weight excluding hydrogens is 212 g/mol. The first-order valence-corrected chi connectivity index (χ1v) is 6.00. The molecule has 0 saturated carbocycles. The second-order valence-electron chi connectivity index (χ2n) is 4.66. The number of benzene rings is 2. The highest BCUT2D eigenvalue weighted by molar-refractivity contribution is 5.86. The van der Waals surface area contributed by atoms with Gasteiger partial charge in [-0.2, -0.15) is 0 Å². The number of ether oxygens (including phenoxy) is 2. The average Bonchev–Trinajstić information content (AvgIpc) is 2.39. The van der Waals surface area contributed by atoms with Crippen LogP contribution < -0.4 is 0 Å². The quantitative estimate of drug-likeness (QED) is 0.746. The Balaban J connectivity index is 2.16. The van der Waals surface area contributed by atoms with E-state index in [2.05, 4.69) is 49.4 Å². The van der Waals surface area contributed by atoms with Gasteiger partial charge in [-0.3, -0.25) is 0 Å². The maximum absolute atomic E-state index is 5.93. The summed E-state index contributed by atoms with van der Waals surface area (Å²) in [5.41, 5.74) is 0.898. The first kappa shape index (κ1) is 10.8. The molecule has 2 nitrogen and oxygen atoms in total. The number of hydrogen-bond donors (Lipinski definition) is 0. The van der Waals surface area contributed by atoms with E-state index in [0.29, 0.717) is 19.8 Å². The Morgan fingerprint density at radius 1 is 1.00 bits per heavy atom. The zero-order chi connectivity index (χ0) is 11.7. The normalized spacial score (nSPS) is 25.0. The van der Waals surface area contributed by atoms with E-state index in [0.717, 1.165) is 0 Å². The summed E-state index contributed by atoms with van der Waals surface area (Å²) in [5.74, 6) is 0. The third kappa shape index (κ3) is 1.84. The lowest BCUT2D eigenvalue weighted by atomic mass is 9.91. The van der Waals surface area contributed by atoms with Crippen LogP contribution in [0.3, 0.4) is 0 Å². The minimum atomic E-state index is -0.320. The predicted molar refractivity (Wildman–Crippen MR) is 68.1 cm³/mol. The Kier molecular flexibility index (Phi) is 2.61. The minimum Gasteiger partial charge on any atom is -0.376 e. The summed E-state index contributed by atoms with van der Waals surface area (Å²) in [4.78, 5) is 0. The third-order valence-electron chi connectivity index (χ3n) is 3.39. The van der Waals surface area contributed by atoms with Crippen LogP contribution in [-0.2, 0) is 15.1 Å². The van der Waals surface area contributed by atoms with Gasteiger partial charge in [-0.25, -0.2) is 0 Å². The molecule has 17 heavy (non-hydrogen) atoms. The van der Waals surface area contributed by atoms with Gasteiger partial charge in [0.2, 0.25) is 0 Å². The van der Waals surface area contributed by atoms with Gasteiger partial charge in [0.15, 0.2) is 0 Å². The molecule has 0 amide bonds. The van der Waals surface area contributed by atoms with E-state index in [1.54, 1.807) is 0 Å². The van der Waals surface area contributed by atoms with Crippen LogP contribution in [0.2, 0.25) is 0 Å². The molecule has 0 aliphatic carbocycles. The first-order chi connectivity index (χ1) is 8.30. The van der Waals surface area contributed by atoms with Crippen molar-refractivity contribution in [3.63, 3.8) is 0 Å². The summed E-state index contributed by atoms with van der Waals surface area (Å²) in [6.07, 6.45) is 0. The molecule has 0 spiro atoms. The van der Waals surface area contributed by atoms with E-state index in [-0.39, 0.29) is 5.60 Å². The number of fused-ring (bicyclic) bond motifs is 1. The highest BCUT2D eigenvalue weighted by atomic mass is 16.6. The van der Waals surface area contributed by atoms with Gasteiger partial charge in [-0.15, -0.1) is 0 Å². The fraction of sp³-hybridized carbons (Fsp3) is 0.333. The largest absolute Gasteiger partial charge is 0.376 e. The van der Waals surface area contributed by atoms with E-state index in [4.69, 9.17) is 9.47 Å². The molecule has 2 aromatic rings. The van der Waals surface area contributed by atoms with Gasteiger partial charge in [-0.1, -0.05) is 42.5 Å². The molecule has 1 unspecified atom stereocenters. The molecule has 2 aromatic carbocycles. The van der Waals surface area contributed by atoms with Crippen molar-refractivity contribution in [1.82, 2.24) is 0 Å². The Morgan fingerprint density at radius 2 is 1.82 bits per heavy atom. The van der Waals surface area contributed by atoms with E-state index in [1.807, 2.05) is 0 Å². The van der Waals surface area contributed by atoms with Gasteiger partial charge < -0.3 is 9.47 Å². The van der Waals surface area contributed by atoms with Gasteiger partial charge in [0.1, 0.15) is 5.60 Å². The SMILES string of the molecule is CC1(c2cccc3ccccc23)COCCO1. The van der Waals surface area contributed by atoms with E-state index < -0.39 is 0 Å². The third-order valence-corrected chi connectivity index (χ3v) is 3.39. The Morgan fingerprint density at radius 3 is 2.65 bits per heavy atom. The first-order valence-electron chi connectivity index (χ1n) is 6.00. The summed E-state index contributed by atoms with van der Waals surface area (Å²) in [6, 6.07) is 14.8. The monoisotopic (exact) mass is 228 g/mol. The van der Waals surface area contributed by atoms with Crippen molar-refractivity contribution in [2.45, 2.75) is 12.5 Å². The van der Waals surface area contributed by atoms with Crippen LogP contribution in [0.25, 0.3) is 10.8 Å². The van der Waals surface area contributed by atoms with Crippen LogP contribution in [0.15, 0.2) is 42.5 Å². The van der Waals surface area contributed by atoms with E-state index >= 15 is 0 Å². The highest BCUT2D eigenvalue weighted by Crippen LogP contribution is 2.33. The topological polar surface area (TPSA) is 18.5 Å². The fourth-order valence-corrected chi connectivity index (χ4v) is 2.48. The molecule has 2 heteroatoms. The molecule has 3 rings (SSSR count). The zero-order valence-electron chi connectivity index (χ0n) is 9.98. The van der Waals surface area contributed by atoms with Gasteiger partial charge >= 0.3 is 0 Å². The maximum atomic E-state index is 5.93. The van der Waals surface area contributed by atoms with Crippen molar-refractivity contribution in [1.29, 1.82) is 0 Å². The lowest BCUT2D eigenvalue weighted by Gasteiger charge is -2.35. The smallest absolute Gasteiger partial charge is 0.114 e. The second-order valence-corrected chi connectivity index (χ2v) is 4.66. The molecule has 1 aliphatic rings. The molecule has 1 saturated heterocycles. The van der Waals surface area contributed by atoms with Gasteiger partial charge in [0.25, 0.3) is 0 Å². The predicted octanol–water partition coefficient (Wildman–Crippen LogP) is 3.10. The lowest BCUT2D eigenvalue weighted by molar-refractivity contribution is -0.152. The molecule has 0 aromatic heterocycles. The van der Waals surface area contributed by atoms with Crippen LogP contribution in [0.4, 0.5) is 0 Å². The molecule has 1 atom stereocenters. The maximum Gasteiger partial charge on any atom is 0.114 e. The highest BCUT2D eigenvalue weighted by Gasteiger charge is 2.32. The van der Waals surface area contributed by atoms with Gasteiger partial charge in [-0.05, 0) is 23.3 Å². The lowest BCUT2D eigenvalue weighted by Crippen LogP contribution is -2.38. The zero-order valence-corrected chi connectivity index (χ0v) is 9.98. The summed E-state index contributed by atoms with van der Waals surface area (Å²) in [7, 11) is 0. The van der Waals surface area contributed by atoms with Crippen LogP contribution in [-0.4, -0.2) is 19.8 Å². The molecule has 1 fully saturated rings. The van der Waals surface area contributed by atoms with Crippen molar-refractivity contribution in [2.75, 3.05) is 19.8 Å². The second kappa shape index (κ2) is 4.13. The molecule has 0 N–H and O–H groups in total. The van der Waals surface area contributed by atoms with Crippen LogP contribution in [0.5, 0.6) is 0 Å². The summed E-state index contributed by atoms with van der Waals surface area (Å²) in [6.45, 7) is 4.09. The number of rotatable bonds is 1. The van der Waals surface area contributed by atoms with Crippen molar-refractivity contribution in [3.05, 3.63) is 48.0 Å². The Bertz CT molecular complexity index is 522. The van der Waals surface area contributed by atoms with Crippen LogP contribution in [0.1, 0.15) is 12.5 Å². The van der Waals surface area contributed by atoms with E-state index in [1.165, 1.54) is 16.3 Å². The molecule has 0 radical (unpaired) electrons. The van der Waals surface area contributed by atoms with E-state index in [9.17, 15) is 0 Å². The molecule has 0 bridgehead atoms. The molecule has 1 aliphatic heterocycles. The molecule has 1 heterocycles. The van der Waals surface area contributed by atoms with Crippen molar-refractivity contribution in [2.24, 2.45) is 0 Å². The summed E-state index contributed by atoms with van der Waals surface area (Å²) >= 11 is 0. The van der Waals surface area contributed by atoms with Crippen LogP contribution >= 0.6 is 0 Å². The Hall–Kier alpha value is -1.38. The average molecular weight is 228 g/mol. The number of hydrogen-bond acceptors (Lipinski definition) is 2. The van der Waals surface area contributed by atoms with Crippen molar-refractivity contribution in [3.8, 4) is 0 Å². The fourth-order valence-electron chi connectivity index (χ4n) is 2.48. The summed E-state index contributed by atoms with van der Waals surface area (Å²) in [5, 5.41) is 2.50. The van der Waals surface area contributed by atoms with Crippen molar-refractivity contribution < 1.29 is 9.47 Å².